The molecule has 1 fully saturated rings. The van der Waals surface area contributed by atoms with Gasteiger partial charge >= 0.3 is 5.92 Å². The third-order valence-electron chi connectivity index (χ3n) is 10.7. The zero-order chi connectivity index (χ0) is 45.9. The van der Waals surface area contributed by atoms with Gasteiger partial charge in [-0.2, -0.15) is 19.0 Å². The zero-order valence-corrected chi connectivity index (χ0v) is 37.8. The third-order valence-corrected chi connectivity index (χ3v) is 13.5. The summed E-state index contributed by atoms with van der Waals surface area (Å²) in [7, 11) is -2.33. The average molecular weight is 1030 g/mol. The van der Waals surface area contributed by atoms with Gasteiger partial charge in [0, 0.05) is 49.2 Å². The van der Waals surface area contributed by atoms with E-state index < -0.39 is 79.3 Å². The molecule has 2 aliphatic rings. The average Bonchev–Trinajstić information content (AvgIpc) is 3.78. The first-order chi connectivity index (χ1) is 29.5. The van der Waals surface area contributed by atoms with E-state index in [-0.39, 0.29) is 69.8 Å². The number of aryl methyl sites for hydroxylation is 1. The first-order valence-corrected chi connectivity index (χ1v) is 22.7. The van der Waals surface area contributed by atoms with E-state index in [2.05, 4.69) is 32.1 Å². The number of halogens is 8. The highest BCUT2D eigenvalue weighted by Crippen LogP contribution is 2.54. The number of benzene rings is 2. The molecule has 4 atom stereocenters. The number of alkyl halides is 5. The number of carbonyl (C=O) groups excluding carboxylic acids is 2. The lowest BCUT2D eigenvalue weighted by Crippen LogP contribution is -2.50. The highest BCUT2D eigenvalue weighted by molar-refractivity contribution is 14.1. The Bertz CT molecular complexity index is 2830. The van der Waals surface area contributed by atoms with Crippen molar-refractivity contribution < 1.29 is 49.1 Å². The number of pyridine rings is 1. The molecule has 2 aromatic carbocycles. The summed E-state index contributed by atoms with van der Waals surface area (Å²) in [6.45, 7) is 4.23. The Morgan fingerprint density at radius 1 is 1.08 bits per heavy atom. The molecule has 22 heteroatoms. The maximum absolute atomic E-state index is 15.7. The van der Waals surface area contributed by atoms with Crippen molar-refractivity contribution in [2.75, 3.05) is 30.7 Å². The summed E-state index contributed by atoms with van der Waals surface area (Å²) in [4.78, 5) is 32.8. The molecule has 2 N–H and O–H groups in total. The second-order valence-electron chi connectivity index (χ2n) is 15.6. The van der Waals surface area contributed by atoms with E-state index in [1.807, 2.05) is 0 Å². The SMILES string of the molecule is CC(=O)N1CCO[C@](C)(C#Cc2ccc(-c3ccc(Cl)c4c(NS(C)(=O)=O)nn(C)c34)c([C@H](Cc3cc(F)cc(F)c3)NC(=O)Cn3nc(C(F)F)c4c3C(F)(F)[C@H](I)[C@@H]4C)n2)C1. The molecule has 334 valence electrons. The molecule has 5 aromatic rings. The third kappa shape index (κ3) is 9.35. The molecular formula is C41H38ClF6IN8O5S. The Morgan fingerprint density at radius 2 is 1.76 bits per heavy atom. The highest BCUT2D eigenvalue weighted by atomic mass is 127. The number of rotatable bonds is 10. The van der Waals surface area contributed by atoms with Gasteiger partial charge in [0.1, 0.15) is 40.9 Å². The number of anilines is 1. The van der Waals surface area contributed by atoms with Crippen molar-refractivity contribution in [3.63, 3.8) is 0 Å². The lowest BCUT2D eigenvalue weighted by molar-refractivity contribution is -0.139. The second kappa shape index (κ2) is 17.2. The van der Waals surface area contributed by atoms with Gasteiger partial charge in [-0.3, -0.25) is 23.7 Å². The molecule has 0 radical (unpaired) electrons. The van der Waals surface area contributed by atoms with Crippen LogP contribution in [0.4, 0.5) is 32.2 Å². The molecule has 0 unspecified atom stereocenters. The Labute approximate surface area is 376 Å². The summed E-state index contributed by atoms with van der Waals surface area (Å²) < 4.78 is 123. The zero-order valence-electron chi connectivity index (χ0n) is 34.0. The molecule has 3 aromatic heterocycles. The van der Waals surface area contributed by atoms with Gasteiger partial charge in [0.05, 0.1) is 51.0 Å². The number of sulfonamides is 1. The first kappa shape index (κ1) is 46.1. The highest BCUT2D eigenvalue weighted by Gasteiger charge is 2.56. The molecule has 4 heterocycles. The van der Waals surface area contributed by atoms with Gasteiger partial charge in [0.15, 0.2) is 5.82 Å². The second-order valence-corrected chi connectivity index (χ2v) is 19.1. The van der Waals surface area contributed by atoms with Crippen LogP contribution >= 0.6 is 34.2 Å². The van der Waals surface area contributed by atoms with Crippen LogP contribution in [0.5, 0.6) is 0 Å². The Kier molecular flexibility index (Phi) is 12.6. The Balaban J connectivity index is 1.40. The quantitative estimate of drug-likeness (QED) is 0.0647. The Morgan fingerprint density at radius 3 is 2.41 bits per heavy atom. The number of ether oxygens (including phenoxy) is 1. The first-order valence-electron chi connectivity index (χ1n) is 19.2. The van der Waals surface area contributed by atoms with E-state index in [4.69, 9.17) is 21.3 Å². The van der Waals surface area contributed by atoms with Crippen molar-refractivity contribution >= 4 is 72.8 Å². The predicted molar refractivity (Wildman–Crippen MR) is 229 cm³/mol. The van der Waals surface area contributed by atoms with Gasteiger partial charge in [0.2, 0.25) is 21.8 Å². The molecule has 1 aliphatic heterocycles. The van der Waals surface area contributed by atoms with E-state index in [1.165, 1.54) is 60.3 Å². The van der Waals surface area contributed by atoms with E-state index in [9.17, 15) is 35.6 Å². The lowest BCUT2D eigenvalue weighted by Gasteiger charge is -2.36. The fourth-order valence-electron chi connectivity index (χ4n) is 8.01. The minimum atomic E-state index is -3.86. The number of fused-ring (bicyclic) bond motifs is 2. The molecule has 1 aliphatic carbocycles. The summed E-state index contributed by atoms with van der Waals surface area (Å²) in [5.41, 5.74) is -2.13. The van der Waals surface area contributed by atoms with Gasteiger partial charge in [-0.15, -0.1) is 0 Å². The van der Waals surface area contributed by atoms with Gasteiger partial charge < -0.3 is 15.0 Å². The molecule has 13 nitrogen and oxygen atoms in total. The number of morpholine rings is 1. The predicted octanol–water partition coefficient (Wildman–Crippen LogP) is 7.17. The molecule has 0 spiro atoms. The van der Waals surface area contributed by atoms with Crippen molar-refractivity contribution in [2.45, 2.75) is 67.6 Å². The van der Waals surface area contributed by atoms with Gasteiger partial charge in [-0.25, -0.2) is 31.0 Å². The minimum Gasteiger partial charge on any atom is -0.359 e. The topological polar surface area (TPSA) is 153 Å². The monoisotopic (exact) mass is 1030 g/mol. The van der Waals surface area contributed by atoms with E-state index in [0.29, 0.717) is 28.4 Å². The lowest BCUT2D eigenvalue weighted by atomic mass is 9.93. The molecule has 2 amide bonds. The summed E-state index contributed by atoms with van der Waals surface area (Å²) in [6.07, 6.45) is -2.66. The van der Waals surface area contributed by atoms with Crippen LogP contribution in [0.1, 0.15) is 73.1 Å². The molecule has 7 rings (SSSR count). The normalized spacial score (nSPS) is 20.1. The summed E-state index contributed by atoms with van der Waals surface area (Å²) >= 11 is 8.13. The molecule has 1 saturated heterocycles. The van der Waals surface area contributed by atoms with Crippen molar-refractivity contribution in [1.29, 1.82) is 0 Å². The summed E-state index contributed by atoms with van der Waals surface area (Å²) in [5, 5.41) is 11.1. The van der Waals surface area contributed by atoms with Crippen molar-refractivity contribution in [2.24, 2.45) is 7.05 Å². The van der Waals surface area contributed by atoms with Crippen LogP contribution in [0.15, 0.2) is 42.5 Å². The smallest absolute Gasteiger partial charge is 0.301 e. The van der Waals surface area contributed by atoms with E-state index in [1.54, 1.807) is 24.0 Å². The van der Waals surface area contributed by atoms with Crippen LogP contribution in [-0.4, -0.2) is 85.2 Å². The number of carbonyl (C=O) groups is 2. The molecule has 0 saturated carbocycles. The van der Waals surface area contributed by atoms with Gasteiger partial charge in [-0.05, 0) is 55.2 Å². The fourth-order valence-corrected chi connectivity index (χ4v) is 9.40. The van der Waals surface area contributed by atoms with Crippen molar-refractivity contribution in [1.82, 2.24) is 34.8 Å². The number of hydrogen-bond donors (Lipinski definition) is 2. The van der Waals surface area contributed by atoms with Crippen LogP contribution in [0.2, 0.25) is 5.02 Å². The van der Waals surface area contributed by atoms with E-state index in [0.717, 1.165) is 18.4 Å². The van der Waals surface area contributed by atoms with Crippen molar-refractivity contribution in [3.8, 4) is 23.0 Å². The maximum atomic E-state index is 15.7. The summed E-state index contributed by atoms with van der Waals surface area (Å²) in [5.74, 6) is -1.83. The summed E-state index contributed by atoms with van der Waals surface area (Å²) in [6, 6.07) is 7.52. The van der Waals surface area contributed by atoms with Crippen molar-refractivity contribution in [3.05, 3.63) is 93.0 Å². The molecule has 0 bridgehead atoms. The van der Waals surface area contributed by atoms with Gasteiger partial charge in [-0.1, -0.05) is 53.1 Å². The van der Waals surface area contributed by atoms with Crippen LogP contribution < -0.4 is 10.0 Å². The van der Waals surface area contributed by atoms with Crippen LogP contribution in [0, 0.1) is 23.5 Å². The largest absolute Gasteiger partial charge is 0.359 e. The molecular weight excluding hydrogens is 993 g/mol. The van der Waals surface area contributed by atoms with Crippen LogP contribution in [-0.2, 0) is 50.3 Å². The number of hydrogen-bond acceptors (Lipinski definition) is 8. The number of nitrogens with one attached hydrogen (secondary N) is 2. The van der Waals surface area contributed by atoms with Crippen LogP contribution in [0.3, 0.4) is 0 Å². The number of nitrogens with zero attached hydrogens (tertiary/aromatic N) is 6. The number of aromatic nitrogens is 5. The standard InChI is InChI=1S/C41H38ClF6IN8O5S/c1-20-31-34(38(45)46)52-57(37(31)41(47,48)36(20)49)18-30(59)51-29(16-22-14-23(43)17-24(44)15-22)33-26(7-6-25(50-33)10-11-40(3)19-56(21(2)58)12-13-62-40)27-8-9-28(42)32-35(27)55(4)53-39(32)54-63(5,60)61/h6-9,14-15,17,20,29,36,38H,12-13,16,18-19H2,1-5H3,(H,51,59)(H,53,54)/t20-,29+,36-,40-/m1/s1. The van der Waals surface area contributed by atoms with Gasteiger partial charge in [0.25, 0.3) is 6.43 Å². The van der Waals surface area contributed by atoms with E-state index >= 15 is 8.78 Å². The fraction of sp³-hybridized carbons (Fsp3) is 0.390. The molecule has 63 heavy (non-hydrogen) atoms. The number of amides is 2. The Hall–Kier alpha value is -4.92. The maximum Gasteiger partial charge on any atom is 0.301 e. The van der Waals surface area contributed by atoms with Crippen LogP contribution in [0.25, 0.3) is 22.0 Å². The minimum absolute atomic E-state index is 0.0209.